The predicted molar refractivity (Wildman–Crippen MR) is 120 cm³/mol. The fourth-order valence-corrected chi connectivity index (χ4v) is 4.72. The maximum absolute atomic E-state index is 11.4. The molecule has 1 saturated heterocycles. The Morgan fingerprint density at radius 1 is 1.20 bits per heavy atom. The van der Waals surface area contributed by atoms with Crippen LogP contribution >= 0.6 is 12.2 Å². The Bertz CT molecular complexity index is 1110. The van der Waals surface area contributed by atoms with Gasteiger partial charge in [-0.15, -0.1) is 0 Å². The highest BCUT2D eigenvalue weighted by atomic mass is 32.1. The van der Waals surface area contributed by atoms with Gasteiger partial charge in [0.1, 0.15) is 0 Å². The third-order valence-corrected chi connectivity index (χ3v) is 6.03. The lowest BCUT2D eigenvalue weighted by molar-refractivity contribution is 0.0697. The second-order valence-corrected chi connectivity index (χ2v) is 7.82. The first-order chi connectivity index (χ1) is 14.4. The number of aromatic carboxylic acids is 1. The summed E-state index contributed by atoms with van der Waals surface area (Å²) in [4.78, 5) is 18.2. The van der Waals surface area contributed by atoms with Crippen LogP contribution in [0.1, 0.15) is 52.0 Å². The van der Waals surface area contributed by atoms with Crippen LogP contribution in [-0.2, 0) is 0 Å². The largest absolute Gasteiger partial charge is 0.478 e. The van der Waals surface area contributed by atoms with Gasteiger partial charge in [0.2, 0.25) is 0 Å². The predicted octanol–water partition coefficient (Wildman–Crippen LogP) is 4.18. The standard InChI is InChI=1S/C23H24N4O2S/c1-4-26-21(20(25-23(26)30)19-10-5-6-11-24-19)18-12-14(2)27(15(18)3)17-9-7-8-16(13-17)22(28)29/h5-13,20-21H,4H2,1-3H3,(H,25,30)(H,28,29). The van der Waals surface area contributed by atoms with E-state index < -0.39 is 5.97 Å². The van der Waals surface area contributed by atoms with Crippen molar-refractivity contribution in [2.75, 3.05) is 6.54 Å². The van der Waals surface area contributed by atoms with E-state index in [2.05, 4.69) is 39.7 Å². The number of nitrogens with zero attached hydrogens (tertiary/aromatic N) is 3. The number of pyridine rings is 1. The summed E-state index contributed by atoms with van der Waals surface area (Å²) in [6, 6.07) is 15.0. The Balaban J connectivity index is 1.83. The van der Waals surface area contributed by atoms with Crippen LogP contribution in [0.5, 0.6) is 0 Å². The van der Waals surface area contributed by atoms with Crippen LogP contribution in [0.25, 0.3) is 5.69 Å². The zero-order valence-corrected chi connectivity index (χ0v) is 18.0. The van der Waals surface area contributed by atoms with Gasteiger partial charge in [-0.2, -0.15) is 0 Å². The fraction of sp³-hybridized carbons (Fsp3) is 0.261. The first-order valence-corrected chi connectivity index (χ1v) is 10.3. The van der Waals surface area contributed by atoms with Crippen molar-refractivity contribution in [3.8, 4) is 5.69 Å². The van der Waals surface area contributed by atoms with Gasteiger partial charge in [-0.05, 0) is 75.0 Å². The van der Waals surface area contributed by atoms with Crippen molar-refractivity contribution in [3.63, 3.8) is 0 Å². The van der Waals surface area contributed by atoms with Gasteiger partial charge in [0, 0.05) is 29.8 Å². The molecule has 30 heavy (non-hydrogen) atoms. The Kier molecular flexibility index (Phi) is 5.30. The first-order valence-electron chi connectivity index (χ1n) is 9.93. The van der Waals surface area contributed by atoms with Gasteiger partial charge in [-0.3, -0.25) is 4.98 Å². The number of nitrogens with one attached hydrogen (secondary N) is 1. The van der Waals surface area contributed by atoms with E-state index in [1.54, 1.807) is 24.4 Å². The van der Waals surface area contributed by atoms with Gasteiger partial charge in [-0.1, -0.05) is 12.1 Å². The van der Waals surface area contributed by atoms with Gasteiger partial charge in [0.25, 0.3) is 0 Å². The van der Waals surface area contributed by atoms with Crippen molar-refractivity contribution in [2.24, 2.45) is 0 Å². The number of hydrogen-bond acceptors (Lipinski definition) is 3. The number of rotatable bonds is 5. The van der Waals surface area contributed by atoms with Crippen LogP contribution in [0.4, 0.5) is 0 Å². The van der Waals surface area contributed by atoms with E-state index in [-0.39, 0.29) is 17.6 Å². The van der Waals surface area contributed by atoms with E-state index in [1.807, 2.05) is 31.2 Å². The minimum absolute atomic E-state index is 0.00000593. The molecule has 2 unspecified atom stereocenters. The molecule has 154 valence electrons. The number of carboxylic acids is 1. The van der Waals surface area contributed by atoms with E-state index >= 15 is 0 Å². The van der Waals surface area contributed by atoms with Crippen molar-refractivity contribution in [3.05, 3.63) is 82.9 Å². The van der Waals surface area contributed by atoms with Crippen LogP contribution < -0.4 is 5.32 Å². The summed E-state index contributed by atoms with van der Waals surface area (Å²) in [5, 5.41) is 13.5. The summed E-state index contributed by atoms with van der Waals surface area (Å²) < 4.78 is 2.10. The summed E-state index contributed by atoms with van der Waals surface area (Å²) in [6.07, 6.45) is 1.80. The quantitative estimate of drug-likeness (QED) is 0.604. The second kappa shape index (κ2) is 7.91. The summed E-state index contributed by atoms with van der Waals surface area (Å²) in [5.41, 5.74) is 5.30. The van der Waals surface area contributed by atoms with Crippen LogP contribution in [0, 0.1) is 13.8 Å². The minimum Gasteiger partial charge on any atom is -0.478 e. The molecule has 1 aliphatic rings. The lowest BCUT2D eigenvalue weighted by Gasteiger charge is -2.27. The smallest absolute Gasteiger partial charge is 0.335 e. The molecule has 0 amide bonds. The summed E-state index contributed by atoms with van der Waals surface area (Å²) in [6.45, 7) is 6.98. The zero-order valence-electron chi connectivity index (χ0n) is 17.2. The molecule has 2 atom stereocenters. The van der Waals surface area contributed by atoms with E-state index in [0.717, 1.165) is 40.0 Å². The molecule has 1 fully saturated rings. The van der Waals surface area contributed by atoms with Crippen molar-refractivity contribution < 1.29 is 9.90 Å². The molecule has 1 aliphatic heterocycles. The Hall–Kier alpha value is -3.19. The first kappa shape index (κ1) is 20.1. The van der Waals surface area contributed by atoms with Crippen LogP contribution in [0.15, 0.2) is 54.7 Å². The molecule has 1 aromatic carbocycles. The van der Waals surface area contributed by atoms with Gasteiger partial charge < -0.3 is 19.9 Å². The Labute approximate surface area is 181 Å². The molecular weight excluding hydrogens is 396 g/mol. The molecule has 7 heteroatoms. The highest BCUT2D eigenvalue weighted by Gasteiger charge is 2.40. The Morgan fingerprint density at radius 2 is 2.00 bits per heavy atom. The number of hydrogen-bond donors (Lipinski definition) is 2. The van der Waals surface area contributed by atoms with Gasteiger partial charge in [-0.25, -0.2) is 4.79 Å². The van der Waals surface area contributed by atoms with Crippen LogP contribution in [0.3, 0.4) is 0 Å². The number of aryl methyl sites for hydroxylation is 1. The lowest BCUT2D eigenvalue weighted by atomic mass is 9.97. The van der Waals surface area contributed by atoms with Crippen LogP contribution in [0.2, 0.25) is 0 Å². The number of likely N-dealkylation sites (N-methyl/N-ethyl adjacent to an activating group) is 1. The maximum Gasteiger partial charge on any atom is 0.335 e. The molecule has 4 rings (SSSR count). The minimum atomic E-state index is -0.933. The molecule has 2 N–H and O–H groups in total. The number of carboxylic acid groups (broad SMARTS) is 1. The van der Waals surface area contributed by atoms with E-state index in [9.17, 15) is 9.90 Å². The van der Waals surface area contributed by atoms with Gasteiger partial charge in [0.15, 0.2) is 5.11 Å². The summed E-state index contributed by atoms with van der Waals surface area (Å²) in [7, 11) is 0. The molecule has 3 aromatic rings. The fourth-order valence-electron chi connectivity index (χ4n) is 4.35. The zero-order chi connectivity index (χ0) is 21.4. The third kappa shape index (κ3) is 3.35. The number of benzene rings is 1. The average Bonchev–Trinajstić information content (AvgIpc) is 3.23. The summed E-state index contributed by atoms with van der Waals surface area (Å²) >= 11 is 5.63. The third-order valence-electron chi connectivity index (χ3n) is 5.68. The maximum atomic E-state index is 11.4. The highest BCUT2D eigenvalue weighted by Crippen LogP contribution is 2.41. The number of carbonyl (C=O) groups is 1. The van der Waals surface area contributed by atoms with Gasteiger partial charge >= 0.3 is 5.97 Å². The molecule has 0 radical (unpaired) electrons. The monoisotopic (exact) mass is 420 g/mol. The molecule has 0 aliphatic carbocycles. The van der Waals surface area contributed by atoms with E-state index in [1.165, 1.54) is 0 Å². The molecule has 2 aromatic heterocycles. The number of thiocarbonyl (C=S) groups is 1. The molecule has 0 spiro atoms. The van der Waals surface area contributed by atoms with Gasteiger partial charge in [0.05, 0.1) is 23.3 Å². The van der Waals surface area contributed by atoms with Crippen molar-refractivity contribution in [1.29, 1.82) is 0 Å². The van der Waals surface area contributed by atoms with Crippen molar-refractivity contribution >= 4 is 23.3 Å². The molecular formula is C23H24N4O2S. The number of aromatic nitrogens is 2. The highest BCUT2D eigenvalue weighted by molar-refractivity contribution is 7.80. The molecule has 0 saturated carbocycles. The molecule has 0 bridgehead atoms. The van der Waals surface area contributed by atoms with Crippen molar-refractivity contribution in [2.45, 2.75) is 32.9 Å². The normalized spacial score (nSPS) is 18.5. The topological polar surface area (TPSA) is 70.4 Å². The second-order valence-electron chi connectivity index (χ2n) is 7.43. The average molecular weight is 421 g/mol. The molecule has 6 nitrogen and oxygen atoms in total. The van der Waals surface area contributed by atoms with Crippen molar-refractivity contribution in [1.82, 2.24) is 19.8 Å². The lowest BCUT2D eigenvalue weighted by Crippen LogP contribution is -2.29. The van der Waals surface area contributed by atoms with E-state index in [4.69, 9.17) is 12.2 Å². The van der Waals surface area contributed by atoms with E-state index in [0.29, 0.717) is 0 Å². The Morgan fingerprint density at radius 3 is 2.67 bits per heavy atom. The SMILES string of the molecule is CCN1C(=S)NC(c2ccccn2)C1c1cc(C)n(-c2cccc(C(=O)O)c2)c1C. The molecule has 3 heterocycles. The summed E-state index contributed by atoms with van der Waals surface area (Å²) in [5.74, 6) is -0.933. The van der Waals surface area contributed by atoms with Crippen LogP contribution in [-0.4, -0.2) is 37.2 Å².